The van der Waals surface area contributed by atoms with Gasteiger partial charge in [0, 0.05) is 0 Å². The summed E-state index contributed by atoms with van der Waals surface area (Å²) in [5.74, 6) is 0. The van der Waals surface area contributed by atoms with Gasteiger partial charge in [-0.15, -0.1) is 0 Å². The van der Waals surface area contributed by atoms with Gasteiger partial charge >= 0.3 is 0 Å². The van der Waals surface area contributed by atoms with E-state index in [2.05, 4.69) is 10.3 Å². The molecule has 0 unspecified atom stereocenters. The number of nitrogens with zero attached hydrogens (tertiary/aromatic N) is 2. The molecular formula is C3H7N3O3. The van der Waals surface area contributed by atoms with Crippen molar-refractivity contribution in [3.05, 3.63) is 15.3 Å². The highest BCUT2D eigenvalue weighted by molar-refractivity contribution is 5.42. The maximum absolute atomic E-state index is 8.25. The Labute approximate surface area is 51.3 Å². The number of aliphatic imine (C=N–C) groups is 1. The molecule has 6 nitrogen and oxygen atoms in total. The van der Waals surface area contributed by atoms with Crippen LogP contribution in [0.2, 0.25) is 0 Å². The quantitative estimate of drug-likeness (QED) is 0.317. The molecule has 1 aliphatic heterocycles. The average Bonchev–Trinajstić information content (AvgIpc) is 2.11. The molecule has 1 heterocycles. The highest BCUT2D eigenvalue weighted by Gasteiger charge is 1.88. The Bertz CT molecular complexity index is 103. The first-order valence-corrected chi connectivity index (χ1v) is 2.36. The fraction of sp³-hybridized carbons (Fsp3) is 0.667. The number of quaternary nitrogens is 1. The van der Waals surface area contributed by atoms with E-state index in [9.17, 15) is 0 Å². The Hall–Kier alpha value is -1.17. The second kappa shape index (κ2) is 4.98. The Morgan fingerprint density at radius 2 is 2.22 bits per heavy atom. The summed E-state index contributed by atoms with van der Waals surface area (Å²) in [4.78, 5) is 12.2. The zero-order valence-electron chi connectivity index (χ0n) is 4.69. The van der Waals surface area contributed by atoms with Gasteiger partial charge in [-0.2, -0.15) is 0 Å². The number of hydrogen-bond donors (Lipinski definition) is 1. The van der Waals surface area contributed by atoms with Crippen molar-refractivity contribution < 1.29 is 10.4 Å². The molecule has 0 bridgehead atoms. The molecule has 0 aliphatic carbocycles. The van der Waals surface area contributed by atoms with E-state index in [0.29, 0.717) is 0 Å². The summed E-state index contributed by atoms with van der Waals surface area (Å²) in [6.45, 7) is 2.17. The van der Waals surface area contributed by atoms with Crippen molar-refractivity contribution in [3.63, 3.8) is 0 Å². The predicted octanol–water partition coefficient (Wildman–Crippen LogP) is -1.65. The fourth-order valence-electron chi connectivity index (χ4n) is 0.373. The van der Waals surface area contributed by atoms with Crippen LogP contribution in [0.15, 0.2) is 4.99 Å². The molecule has 0 radical (unpaired) electrons. The first kappa shape index (κ1) is 7.83. The van der Waals surface area contributed by atoms with Crippen molar-refractivity contribution >= 4 is 6.34 Å². The molecule has 0 amide bonds. The van der Waals surface area contributed by atoms with E-state index in [1.807, 2.05) is 6.34 Å². The second-order valence-corrected chi connectivity index (χ2v) is 1.30. The lowest BCUT2D eigenvalue weighted by molar-refractivity contribution is -0.518. The van der Waals surface area contributed by atoms with Crippen molar-refractivity contribution in [2.45, 2.75) is 0 Å². The molecule has 6 heteroatoms. The first-order valence-electron chi connectivity index (χ1n) is 2.36. The van der Waals surface area contributed by atoms with Crippen LogP contribution in [-0.2, 0) is 0 Å². The molecule has 0 aromatic heterocycles. The Kier molecular flexibility index (Phi) is 4.33. The summed E-state index contributed by atoms with van der Waals surface area (Å²) in [6.07, 6.45) is 1.86. The lowest BCUT2D eigenvalue weighted by Gasteiger charge is -1.74. The van der Waals surface area contributed by atoms with Gasteiger partial charge in [0.2, 0.25) is 0 Å². The largest absolute Gasteiger partial charge is 0.356 e. The monoisotopic (exact) mass is 133 g/mol. The summed E-state index contributed by atoms with van der Waals surface area (Å²) in [6, 6.07) is 0. The first-order chi connectivity index (χ1) is 4.23. The topological polar surface area (TPSA) is 95.2 Å². The maximum Gasteiger partial charge on any atom is 0.182 e. The summed E-state index contributed by atoms with van der Waals surface area (Å²) in [5.41, 5.74) is 0. The van der Waals surface area contributed by atoms with E-state index >= 15 is 0 Å². The van der Waals surface area contributed by atoms with Crippen molar-refractivity contribution in [3.8, 4) is 0 Å². The molecule has 0 saturated carbocycles. The standard InChI is InChI=1S/C3H6N2.NO3/c1-2-5-3-4-1;2-1(3)4/h3H,1-2H2,(H,4,5);/q;-1/p+1. The van der Waals surface area contributed by atoms with Gasteiger partial charge in [-0.25, -0.2) is 4.99 Å². The molecule has 0 fully saturated rings. The lowest BCUT2D eigenvalue weighted by atomic mass is 10.7. The molecule has 1 rings (SSSR count). The third-order valence-corrected chi connectivity index (χ3v) is 0.636. The van der Waals surface area contributed by atoms with Crippen molar-refractivity contribution in [1.82, 2.24) is 0 Å². The minimum atomic E-state index is -1.75. The van der Waals surface area contributed by atoms with Gasteiger partial charge in [0.05, 0.1) is 11.6 Å². The van der Waals surface area contributed by atoms with E-state index in [0.717, 1.165) is 13.1 Å². The fourth-order valence-corrected chi connectivity index (χ4v) is 0.373. The highest BCUT2D eigenvalue weighted by atomic mass is 16.9. The summed E-state index contributed by atoms with van der Waals surface area (Å²) in [5, 5.41) is 16.8. The van der Waals surface area contributed by atoms with Crippen LogP contribution in [0, 0.1) is 15.3 Å². The van der Waals surface area contributed by atoms with E-state index in [4.69, 9.17) is 15.3 Å². The van der Waals surface area contributed by atoms with Gasteiger partial charge in [0.25, 0.3) is 0 Å². The van der Waals surface area contributed by atoms with Gasteiger partial charge in [0.1, 0.15) is 6.54 Å². The molecule has 0 atom stereocenters. The SMILES string of the molecule is C1=NCC[NH2+]1.O=[N+]([O-])[O-]. The third kappa shape index (κ3) is 10.9. The summed E-state index contributed by atoms with van der Waals surface area (Å²) >= 11 is 0. The number of hydrogen-bond acceptors (Lipinski definition) is 4. The van der Waals surface area contributed by atoms with Crippen LogP contribution < -0.4 is 5.32 Å². The van der Waals surface area contributed by atoms with E-state index in [-0.39, 0.29) is 0 Å². The van der Waals surface area contributed by atoms with Gasteiger partial charge in [-0.1, -0.05) is 0 Å². The van der Waals surface area contributed by atoms with Crippen LogP contribution in [0.4, 0.5) is 0 Å². The van der Waals surface area contributed by atoms with E-state index in [1.165, 1.54) is 0 Å². The third-order valence-electron chi connectivity index (χ3n) is 0.636. The summed E-state index contributed by atoms with van der Waals surface area (Å²) in [7, 11) is 0. The van der Waals surface area contributed by atoms with E-state index < -0.39 is 5.09 Å². The van der Waals surface area contributed by atoms with Crippen LogP contribution in [0.5, 0.6) is 0 Å². The van der Waals surface area contributed by atoms with Crippen LogP contribution >= 0.6 is 0 Å². The van der Waals surface area contributed by atoms with Gasteiger partial charge in [-0.3, -0.25) is 0 Å². The molecular weight excluding hydrogens is 126 g/mol. The molecule has 0 aromatic carbocycles. The van der Waals surface area contributed by atoms with Gasteiger partial charge < -0.3 is 20.6 Å². The van der Waals surface area contributed by atoms with Crippen molar-refractivity contribution in [2.24, 2.45) is 4.99 Å². The molecule has 0 aromatic rings. The number of nitrogens with two attached hydrogens (primary N) is 1. The Balaban J connectivity index is 0.000000148. The molecule has 1 aliphatic rings. The van der Waals surface area contributed by atoms with Crippen molar-refractivity contribution in [1.29, 1.82) is 0 Å². The zero-order chi connectivity index (χ0) is 7.11. The molecule has 0 spiro atoms. The molecule has 52 valence electrons. The minimum absolute atomic E-state index is 1.01. The highest BCUT2D eigenvalue weighted by Crippen LogP contribution is 1.59. The van der Waals surface area contributed by atoms with Crippen molar-refractivity contribution in [2.75, 3.05) is 13.1 Å². The van der Waals surface area contributed by atoms with Crippen LogP contribution in [-0.4, -0.2) is 24.5 Å². The number of rotatable bonds is 0. The maximum atomic E-state index is 8.25. The molecule has 9 heavy (non-hydrogen) atoms. The van der Waals surface area contributed by atoms with Crippen LogP contribution in [0.3, 0.4) is 0 Å². The van der Waals surface area contributed by atoms with E-state index in [1.54, 1.807) is 0 Å². The Morgan fingerprint density at radius 1 is 1.67 bits per heavy atom. The van der Waals surface area contributed by atoms with Gasteiger partial charge in [0.15, 0.2) is 6.34 Å². The second-order valence-electron chi connectivity index (χ2n) is 1.30. The Morgan fingerprint density at radius 3 is 2.33 bits per heavy atom. The average molecular weight is 133 g/mol. The molecule has 0 saturated heterocycles. The zero-order valence-corrected chi connectivity index (χ0v) is 4.69. The molecule has 2 N–H and O–H groups in total. The summed E-state index contributed by atoms with van der Waals surface area (Å²) < 4.78 is 0. The normalized spacial score (nSPS) is 14.2. The smallest absolute Gasteiger partial charge is 0.182 e. The lowest BCUT2D eigenvalue weighted by Crippen LogP contribution is -2.80. The van der Waals surface area contributed by atoms with Gasteiger partial charge in [-0.05, 0) is 0 Å². The van der Waals surface area contributed by atoms with Crippen LogP contribution in [0.25, 0.3) is 0 Å². The minimum Gasteiger partial charge on any atom is -0.356 e. The predicted molar refractivity (Wildman–Crippen MR) is 30.5 cm³/mol. The van der Waals surface area contributed by atoms with Crippen LogP contribution in [0.1, 0.15) is 0 Å².